The van der Waals surface area contributed by atoms with Gasteiger partial charge in [0.05, 0.1) is 12.8 Å². The molecule has 2 unspecified atom stereocenters. The molecule has 1 aliphatic rings. The number of methoxy groups -OCH3 is 2. The van der Waals surface area contributed by atoms with Gasteiger partial charge in [-0.3, -0.25) is 4.79 Å². The third-order valence-corrected chi connectivity index (χ3v) is 4.13. The first-order valence-electron chi connectivity index (χ1n) is 6.80. The van der Waals surface area contributed by atoms with Gasteiger partial charge >= 0.3 is 6.18 Å². The van der Waals surface area contributed by atoms with Crippen molar-refractivity contribution >= 4 is 11.6 Å². The molecule has 1 heterocycles. The van der Waals surface area contributed by atoms with Crippen molar-refractivity contribution in [2.75, 3.05) is 25.7 Å². The van der Waals surface area contributed by atoms with E-state index in [-0.39, 0.29) is 12.2 Å². The van der Waals surface area contributed by atoms with Crippen LogP contribution in [0.15, 0.2) is 12.1 Å². The van der Waals surface area contributed by atoms with Crippen LogP contribution in [0.4, 0.5) is 27.6 Å². The molecule has 2 atom stereocenters. The summed E-state index contributed by atoms with van der Waals surface area (Å²) in [4.78, 5) is 12.7. The molecule has 1 aromatic rings. The van der Waals surface area contributed by atoms with Gasteiger partial charge in [-0.2, -0.15) is 17.6 Å². The number of nitrogens with two attached hydrogens (primary N) is 1. The Hall–Kier alpha value is -2.10. The topological polar surface area (TPSA) is 64.8 Å². The van der Waals surface area contributed by atoms with E-state index in [1.165, 1.54) is 0 Å². The number of alkyl halides is 3. The second-order valence-electron chi connectivity index (χ2n) is 5.25. The highest BCUT2D eigenvalue weighted by Gasteiger charge is 2.67. The maximum absolute atomic E-state index is 13.9. The van der Waals surface area contributed by atoms with Crippen molar-refractivity contribution in [3.8, 4) is 5.75 Å². The average molecular weight is 354 g/mol. The first-order chi connectivity index (χ1) is 11.1. The Bertz CT molecular complexity index is 652. The van der Waals surface area contributed by atoms with Crippen molar-refractivity contribution in [1.29, 1.82) is 0 Å². The smallest absolute Gasteiger partial charge is 0.420 e. The minimum Gasteiger partial charge on any atom is -0.491 e. The number of benzene rings is 1. The lowest BCUT2D eigenvalue weighted by molar-refractivity contribution is -0.269. The number of halogens is 5. The molecule has 0 saturated carbocycles. The van der Waals surface area contributed by atoms with Crippen LogP contribution in [-0.2, 0) is 9.53 Å². The highest BCUT2D eigenvalue weighted by atomic mass is 19.4. The molecule has 0 aromatic heterocycles. The monoisotopic (exact) mass is 354 g/mol. The van der Waals surface area contributed by atoms with E-state index in [4.69, 9.17) is 10.5 Å². The number of anilines is 1. The maximum atomic E-state index is 13.9. The number of nitrogens with zero attached hydrogens (tertiary/aromatic N) is 1. The van der Waals surface area contributed by atoms with Gasteiger partial charge in [0.1, 0.15) is 6.04 Å². The number of hydrogen-bond acceptors (Lipinski definition) is 4. The normalized spacial score (nSPS) is 24.3. The zero-order chi connectivity index (χ0) is 18.3. The molecule has 1 amide bonds. The molecule has 1 aromatic carbocycles. The summed E-state index contributed by atoms with van der Waals surface area (Å²) in [6, 6.07) is -0.206. The summed E-state index contributed by atoms with van der Waals surface area (Å²) >= 11 is 0. The van der Waals surface area contributed by atoms with Gasteiger partial charge in [-0.1, -0.05) is 0 Å². The van der Waals surface area contributed by atoms with Crippen molar-refractivity contribution in [1.82, 2.24) is 0 Å². The number of hydrogen-bond donors (Lipinski definition) is 1. The van der Waals surface area contributed by atoms with Crippen LogP contribution in [0.2, 0.25) is 0 Å². The molecule has 1 fully saturated rings. The number of carbonyl (C=O) groups excluding carboxylic acids is 1. The van der Waals surface area contributed by atoms with Crippen molar-refractivity contribution in [3.63, 3.8) is 0 Å². The fraction of sp³-hybridized carbons (Fsp3) is 0.500. The standard InChI is InChI=1S/C14H15F5N2O3/c1-23-10-8(4-3-7(15)9(10)16)21-6-5-13(24-2,14(17,18)19)11(21)12(20)22/h3-4,11H,5-6H2,1-2H3,(H2,20,22). The second kappa shape index (κ2) is 6.08. The van der Waals surface area contributed by atoms with Crippen molar-refractivity contribution in [3.05, 3.63) is 23.8 Å². The van der Waals surface area contributed by atoms with Crippen LogP contribution in [0, 0.1) is 11.6 Å². The van der Waals surface area contributed by atoms with Gasteiger partial charge in [0.2, 0.25) is 11.7 Å². The van der Waals surface area contributed by atoms with Crippen molar-refractivity contribution in [2.24, 2.45) is 5.73 Å². The summed E-state index contributed by atoms with van der Waals surface area (Å²) in [6.07, 6.45) is -5.51. The number of ether oxygens (including phenoxy) is 2. The molecular weight excluding hydrogens is 339 g/mol. The van der Waals surface area contributed by atoms with Gasteiger partial charge in [0, 0.05) is 20.1 Å². The maximum Gasteiger partial charge on any atom is 0.420 e. The second-order valence-corrected chi connectivity index (χ2v) is 5.25. The number of primary amides is 1. The SMILES string of the molecule is COc1c(N2CCC(OC)(C(F)(F)F)C2C(N)=O)ccc(F)c1F. The van der Waals surface area contributed by atoms with Gasteiger partial charge < -0.3 is 20.1 Å². The fourth-order valence-electron chi connectivity index (χ4n) is 3.02. The van der Waals surface area contributed by atoms with Gasteiger partial charge in [0.25, 0.3) is 0 Å². The summed E-state index contributed by atoms with van der Waals surface area (Å²) in [5, 5.41) is 0. The largest absolute Gasteiger partial charge is 0.491 e. The Balaban J connectivity index is 2.61. The fourth-order valence-corrected chi connectivity index (χ4v) is 3.02. The molecular formula is C14H15F5N2O3. The lowest BCUT2D eigenvalue weighted by Crippen LogP contribution is -2.61. The predicted molar refractivity (Wildman–Crippen MR) is 73.7 cm³/mol. The highest BCUT2D eigenvalue weighted by Crippen LogP contribution is 2.48. The summed E-state index contributed by atoms with van der Waals surface area (Å²) in [7, 11) is 1.85. The molecule has 5 nitrogen and oxygen atoms in total. The van der Waals surface area contributed by atoms with E-state index in [0.717, 1.165) is 31.3 Å². The molecule has 1 aliphatic heterocycles. The molecule has 10 heteroatoms. The quantitative estimate of drug-likeness (QED) is 0.840. The summed E-state index contributed by atoms with van der Waals surface area (Å²) < 4.78 is 77.1. The van der Waals surface area contributed by atoms with Gasteiger partial charge in [0.15, 0.2) is 17.2 Å². The lowest BCUT2D eigenvalue weighted by atomic mass is 9.92. The van der Waals surface area contributed by atoms with E-state index >= 15 is 0 Å². The zero-order valence-corrected chi connectivity index (χ0v) is 12.8. The molecule has 0 aliphatic carbocycles. The summed E-state index contributed by atoms with van der Waals surface area (Å²) in [5.74, 6) is -4.53. The summed E-state index contributed by atoms with van der Waals surface area (Å²) in [5.41, 5.74) is 2.09. The van der Waals surface area contributed by atoms with Gasteiger partial charge in [-0.15, -0.1) is 0 Å². The number of carbonyl (C=O) groups is 1. The molecule has 1 saturated heterocycles. The zero-order valence-electron chi connectivity index (χ0n) is 12.8. The molecule has 2 rings (SSSR count). The van der Waals surface area contributed by atoms with Gasteiger partial charge in [-0.25, -0.2) is 4.39 Å². The molecule has 0 bridgehead atoms. The van der Waals surface area contributed by atoms with Crippen LogP contribution in [0.5, 0.6) is 5.75 Å². The van der Waals surface area contributed by atoms with Crippen LogP contribution >= 0.6 is 0 Å². The first kappa shape index (κ1) is 18.2. The molecule has 0 spiro atoms. The molecule has 2 N–H and O–H groups in total. The van der Waals surface area contributed by atoms with E-state index in [0.29, 0.717) is 0 Å². The van der Waals surface area contributed by atoms with Crippen LogP contribution in [0.1, 0.15) is 6.42 Å². The number of rotatable bonds is 4. The molecule has 134 valence electrons. The first-order valence-corrected chi connectivity index (χ1v) is 6.80. The van der Waals surface area contributed by atoms with E-state index in [9.17, 15) is 26.7 Å². The minimum absolute atomic E-state index is 0.219. The van der Waals surface area contributed by atoms with Crippen LogP contribution in [0.3, 0.4) is 0 Å². The average Bonchev–Trinajstić information content (AvgIpc) is 2.90. The van der Waals surface area contributed by atoms with Gasteiger partial charge in [-0.05, 0) is 12.1 Å². The van der Waals surface area contributed by atoms with E-state index in [1.807, 2.05) is 0 Å². The highest BCUT2D eigenvalue weighted by molar-refractivity contribution is 5.87. The van der Waals surface area contributed by atoms with Crippen LogP contribution in [-0.4, -0.2) is 44.5 Å². The third kappa shape index (κ3) is 2.54. The van der Waals surface area contributed by atoms with Crippen LogP contribution < -0.4 is 15.4 Å². The summed E-state index contributed by atoms with van der Waals surface area (Å²) in [6.45, 7) is -0.317. The van der Waals surface area contributed by atoms with Crippen molar-refractivity contribution < 1.29 is 36.2 Å². The Morgan fingerprint density at radius 2 is 1.96 bits per heavy atom. The third-order valence-electron chi connectivity index (χ3n) is 4.13. The molecule has 24 heavy (non-hydrogen) atoms. The predicted octanol–water partition coefficient (Wildman–Crippen LogP) is 1.98. The number of amides is 1. The Labute approximate surface area is 134 Å². The Kier molecular flexibility index (Phi) is 4.62. The van der Waals surface area contributed by atoms with E-state index in [1.54, 1.807) is 0 Å². The van der Waals surface area contributed by atoms with E-state index < -0.39 is 47.5 Å². The lowest BCUT2D eigenvalue weighted by Gasteiger charge is -2.37. The minimum atomic E-state index is -4.90. The Morgan fingerprint density at radius 3 is 2.42 bits per heavy atom. The van der Waals surface area contributed by atoms with Crippen molar-refractivity contribution in [2.45, 2.75) is 24.2 Å². The van der Waals surface area contributed by atoms with E-state index in [2.05, 4.69) is 4.74 Å². The Morgan fingerprint density at radius 1 is 1.33 bits per heavy atom. The molecule has 0 radical (unpaired) electrons. The van der Waals surface area contributed by atoms with Crippen LogP contribution in [0.25, 0.3) is 0 Å².